The van der Waals surface area contributed by atoms with Crippen LogP contribution in [0, 0.1) is 0 Å². The van der Waals surface area contributed by atoms with Crippen LogP contribution in [0.1, 0.15) is 46.0 Å². The van der Waals surface area contributed by atoms with Crippen LogP contribution in [0.3, 0.4) is 0 Å². The highest BCUT2D eigenvalue weighted by Crippen LogP contribution is 2.46. The topological polar surface area (TPSA) is 41.6 Å². The normalized spacial score (nSPS) is 13.2. The van der Waals surface area contributed by atoms with E-state index < -0.39 is 17.7 Å². The predicted molar refractivity (Wildman–Crippen MR) is 196 cm³/mol. The van der Waals surface area contributed by atoms with Crippen LogP contribution in [0.5, 0.6) is 0 Å². The van der Waals surface area contributed by atoms with Crippen molar-refractivity contribution in [1.82, 2.24) is 10.2 Å². The molecule has 0 aliphatic carbocycles. The lowest BCUT2D eigenvalue weighted by Crippen LogP contribution is -2.31. The Kier molecular flexibility index (Phi) is 17.1. The van der Waals surface area contributed by atoms with E-state index in [0.29, 0.717) is 24.1 Å². The van der Waals surface area contributed by atoms with Crippen LogP contribution >= 0.6 is 48.2 Å². The Bertz CT molecular complexity index is 1640. The minimum absolute atomic E-state index is 0. The van der Waals surface area contributed by atoms with Crippen molar-refractivity contribution in [2.45, 2.75) is 41.8 Å². The quantitative estimate of drug-likeness (QED) is 0.114. The van der Waals surface area contributed by atoms with Crippen LogP contribution in [-0.4, -0.2) is 50.7 Å². The second kappa shape index (κ2) is 19.9. The number of carbonyl (C=O) groups is 1. The van der Waals surface area contributed by atoms with Gasteiger partial charge in [0.1, 0.15) is 6.61 Å². The molecule has 48 heavy (non-hydrogen) atoms. The summed E-state index contributed by atoms with van der Waals surface area (Å²) in [5, 5.41) is 3.94. The van der Waals surface area contributed by atoms with E-state index >= 15 is 0 Å². The number of alkyl halides is 3. The zero-order chi connectivity index (χ0) is 33.1. The first-order valence-corrected chi connectivity index (χ1v) is 16.2. The number of fused-ring (bicyclic) bond motifs is 2. The van der Waals surface area contributed by atoms with Crippen molar-refractivity contribution >= 4 is 59.7 Å². The fraction of sp³-hybridized carbons (Fsp3) is 0.270. The van der Waals surface area contributed by atoms with E-state index in [9.17, 15) is 18.0 Å². The highest BCUT2D eigenvalue weighted by atomic mass is 35.5. The molecule has 4 nitrogen and oxygen atoms in total. The van der Waals surface area contributed by atoms with Crippen LogP contribution < -0.4 is 5.32 Å². The lowest BCUT2D eigenvalue weighted by atomic mass is 9.96. The molecular weight excluding hydrogens is 700 g/mol. The molecular formula is C37H40Cl3F3N2O2S. The number of halogens is 6. The standard InChI is InChI=1S/C19H20F3NO2.C18H18ClNS.2ClH/c1-14(12-15-6-5-9-17(13-15)19(20,21)22)23-10-11-25-18(24)16-7-3-2-4-8-16;1-20(2)11-5-7-14-15-6-3-4-8-17(15)21-18-10-9-13(19)12-16(14)18;;/h2-9,13-14,23H,10-12H2,1H3;3-4,6-10,12H,5,11H2,1-2H3;2*1H. The van der Waals surface area contributed by atoms with Crippen LogP contribution in [0.25, 0.3) is 5.57 Å². The predicted octanol–water partition coefficient (Wildman–Crippen LogP) is 10.1. The zero-order valence-electron chi connectivity index (χ0n) is 26.9. The molecule has 0 fully saturated rings. The van der Waals surface area contributed by atoms with Gasteiger partial charge in [0.15, 0.2) is 0 Å². The summed E-state index contributed by atoms with van der Waals surface area (Å²) >= 11 is 8.03. The summed E-state index contributed by atoms with van der Waals surface area (Å²) in [5.41, 5.74) is 4.33. The Morgan fingerprint density at radius 3 is 2.31 bits per heavy atom. The first-order valence-electron chi connectivity index (χ1n) is 15.0. The van der Waals surface area contributed by atoms with Gasteiger partial charge in [0, 0.05) is 33.9 Å². The Hall–Kier alpha value is -2.98. The number of nitrogens with zero attached hydrogens (tertiary/aromatic N) is 1. The molecule has 4 aromatic rings. The summed E-state index contributed by atoms with van der Waals surface area (Å²) in [6, 6.07) is 28.7. The maximum atomic E-state index is 12.7. The minimum Gasteiger partial charge on any atom is -0.461 e. The summed E-state index contributed by atoms with van der Waals surface area (Å²) in [6.07, 6.45) is -0.504. The number of rotatable bonds is 10. The maximum Gasteiger partial charge on any atom is 0.416 e. The molecule has 1 aliphatic heterocycles. The van der Waals surface area contributed by atoms with Gasteiger partial charge >= 0.3 is 12.1 Å². The molecule has 258 valence electrons. The second-order valence-electron chi connectivity index (χ2n) is 11.2. The fourth-order valence-electron chi connectivity index (χ4n) is 4.94. The molecule has 0 spiro atoms. The number of esters is 1. The molecule has 1 heterocycles. The van der Waals surface area contributed by atoms with Gasteiger partial charge in [0.05, 0.1) is 11.1 Å². The average molecular weight is 740 g/mol. The average Bonchev–Trinajstić information content (AvgIpc) is 3.03. The molecule has 1 aliphatic rings. The molecule has 4 aromatic carbocycles. The van der Waals surface area contributed by atoms with Crippen molar-refractivity contribution in [3.63, 3.8) is 0 Å². The third kappa shape index (κ3) is 12.5. The Labute approximate surface area is 302 Å². The Morgan fingerprint density at radius 2 is 1.60 bits per heavy atom. The lowest BCUT2D eigenvalue weighted by Gasteiger charge is -2.22. The molecule has 0 amide bonds. The third-order valence-electron chi connectivity index (χ3n) is 7.19. The third-order valence-corrected chi connectivity index (χ3v) is 8.57. The molecule has 11 heteroatoms. The highest BCUT2D eigenvalue weighted by molar-refractivity contribution is 7.99. The first-order chi connectivity index (χ1) is 22.0. The summed E-state index contributed by atoms with van der Waals surface area (Å²) in [5.74, 6) is -0.395. The van der Waals surface area contributed by atoms with E-state index in [4.69, 9.17) is 16.3 Å². The van der Waals surface area contributed by atoms with Gasteiger partial charge in [-0.1, -0.05) is 84.0 Å². The largest absolute Gasteiger partial charge is 0.461 e. The van der Waals surface area contributed by atoms with Crippen molar-refractivity contribution in [3.05, 3.63) is 136 Å². The van der Waals surface area contributed by atoms with E-state index in [1.54, 1.807) is 30.3 Å². The van der Waals surface area contributed by atoms with Gasteiger partial charge in [-0.25, -0.2) is 4.79 Å². The van der Waals surface area contributed by atoms with E-state index in [0.717, 1.165) is 30.1 Å². The minimum atomic E-state index is -4.34. The van der Waals surface area contributed by atoms with Gasteiger partial charge in [0.25, 0.3) is 0 Å². The van der Waals surface area contributed by atoms with Gasteiger partial charge in [0.2, 0.25) is 0 Å². The number of ether oxygens (including phenoxy) is 1. The van der Waals surface area contributed by atoms with Gasteiger partial charge in [-0.2, -0.15) is 13.2 Å². The van der Waals surface area contributed by atoms with Crippen LogP contribution in [-0.2, 0) is 17.3 Å². The van der Waals surface area contributed by atoms with Gasteiger partial charge in [-0.05, 0) is 98.6 Å². The zero-order valence-corrected chi connectivity index (χ0v) is 30.1. The molecule has 5 rings (SSSR count). The monoisotopic (exact) mass is 738 g/mol. The molecule has 0 bridgehead atoms. The maximum absolute atomic E-state index is 12.7. The van der Waals surface area contributed by atoms with Crippen LogP contribution in [0.4, 0.5) is 13.2 Å². The second-order valence-corrected chi connectivity index (χ2v) is 12.7. The Balaban J connectivity index is 0.000000324. The fourth-order valence-corrected chi connectivity index (χ4v) is 6.20. The van der Waals surface area contributed by atoms with Gasteiger partial charge in [-0.3, -0.25) is 0 Å². The molecule has 0 aromatic heterocycles. The molecule has 0 saturated carbocycles. The summed E-state index contributed by atoms with van der Waals surface area (Å²) in [6.45, 7) is 3.55. The number of carbonyl (C=O) groups excluding carboxylic acids is 1. The van der Waals surface area contributed by atoms with Crippen LogP contribution in [0.15, 0.2) is 113 Å². The van der Waals surface area contributed by atoms with Crippen molar-refractivity contribution in [2.24, 2.45) is 0 Å². The SMILES string of the molecule is CC(Cc1cccc(C(F)(F)F)c1)NCCOC(=O)c1ccccc1.CN(C)CCC=C1c2ccccc2Sc2ccc(Cl)cc21.Cl.Cl. The van der Waals surface area contributed by atoms with E-state index in [1.807, 2.05) is 30.8 Å². The van der Waals surface area contributed by atoms with Gasteiger partial charge in [-0.15, -0.1) is 24.8 Å². The van der Waals surface area contributed by atoms with Crippen molar-refractivity contribution < 1.29 is 22.7 Å². The molecule has 0 saturated heterocycles. The summed E-state index contributed by atoms with van der Waals surface area (Å²) < 4.78 is 43.3. The van der Waals surface area contributed by atoms with Gasteiger partial charge < -0.3 is 15.0 Å². The van der Waals surface area contributed by atoms with Crippen LogP contribution in [0.2, 0.25) is 5.02 Å². The molecule has 1 unspecified atom stereocenters. The lowest BCUT2D eigenvalue weighted by molar-refractivity contribution is -0.137. The first kappa shape index (κ1) is 41.2. The number of benzene rings is 4. The smallest absolute Gasteiger partial charge is 0.416 e. The number of hydrogen-bond donors (Lipinski definition) is 1. The van der Waals surface area contributed by atoms with E-state index in [-0.39, 0.29) is 37.5 Å². The highest BCUT2D eigenvalue weighted by Gasteiger charge is 2.30. The summed E-state index contributed by atoms with van der Waals surface area (Å²) in [7, 11) is 4.21. The Morgan fingerprint density at radius 1 is 0.917 bits per heavy atom. The van der Waals surface area contributed by atoms with E-state index in [2.05, 4.69) is 66.8 Å². The summed E-state index contributed by atoms with van der Waals surface area (Å²) in [4.78, 5) is 16.6. The van der Waals surface area contributed by atoms with E-state index in [1.165, 1.54) is 32.6 Å². The van der Waals surface area contributed by atoms with Crippen molar-refractivity contribution in [2.75, 3.05) is 33.8 Å². The number of hydrogen-bond acceptors (Lipinski definition) is 5. The molecule has 0 radical (unpaired) electrons. The van der Waals surface area contributed by atoms with Crippen molar-refractivity contribution in [3.8, 4) is 0 Å². The molecule has 1 N–H and O–H groups in total. The van der Waals surface area contributed by atoms with Crippen molar-refractivity contribution in [1.29, 1.82) is 0 Å². The number of nitrogens with one attached hydrogen (secondary N) is 1. The molecule has 1 atom stereocenters.